The van der Waals surface area contributed by atoms with Gasteiger partial charge in [-0.25, -0.2) is 0 Å². The first-order valence-corrected chi connectivity index (χ1v) is 7.48. The number of nitrogens with one attached hydrogen (secondary N) is 1. The zero-order valence-electron chi connectivity index (χ0n) is 13.2. The molecule has 126 valence electrons. The summed E-state index contributed by atoms with van der Waals surface area (Å²) in [6.07, 6.45) is 1.67. The maximum atomic E-state index is 12.0. The molecular formula is C16H27Cl2N3O. The van der Waals surface area contributed by atoms with Crippen molar-refractivity contribution in [2.75, 3.05) is 39.8 Å². The fourth-order valence-electron chi connectivity index (χ4n) is 2.61. The van der Waals surface area contributed by atoms with Crippen molar-refractivity contribution in [3.63, 3.8) is 0 Å². The highest BCUT2D eigenvalue weighted by molar-refractivity contribution is 5.85. The SMILES string of the molecule is CNCCC(=O)N1CCCN(Cc2ccccc2)CC1.Cl.Cl. The molecule has 0 unspecified atom stereocenters. The summed E-state index contributed by atoms with van der Waals surface area (Å²) in [6.45, 7) is 5.55. The number of nitrogens with zero attached hydrogens (tertiary/aromatic N) is 2. The predicted molar refractivity (Wildman–Crippen MR) is 96.0 cm³/mol. The molecule has 1 N–H and O–H groups in total. The van der Waals surface area contributed by atoms with Crippen LogP contribution in [0.5, 0.6) is 0 Å². The Morgan fingerprint density at radius 1 is 1.09 bits per heavy atom. The quantitative estimate of drug-likeness (QED) is 0.886. The van der Waals surface area contributed by atoms with Crippen LogP contribution in [-0.4, -0.2) is 55.5 Å². The molecule has 0 aliphatic carbocycles. The van der Waals surface area contributed by atoms with E-state index in [1.807, 2.05) is 18.0 Å². The molecule has 4 nitrogen and oxygen atoms in total. The van der Waals surface area contributed by atoms with Crippen LogP contribution in [0.2, 0.25) is 0 Å². The molecule has 1 saturated heterocycles. The van der Waals surface area contributed by atoms with Crippen LogP contribution in [0, 0.1) is 0 Å². The third-order valence-corrected chi connectivity index (χ3v) is 3.78. The van der Waals surface area contributed by atoms with Crippen molar-refractivity contribution in [2.24, 2.45) is 0 Å². The summed E-state index contributed by atoms with van der Waals surface area (Å²) in [5, 5.41) is 3.04. The van der Waals surface area contributed by atoms with Crippen molar-refractivity contribution < 1.29 is 4.79 Å². The normalized spacial score (nSPS) is 15.4. The van der Waals surface area contributed by atoms with Crippen LogP contribution in [-0.2, 0) is 11.3 Å². The third-order valence-electron chi connectivity index (χ3n) is 3.78. The molecule has 1 aliphatic heterocycles. The summed E-state index contributed by atoms with van der Waals surface area (Å²) in [5.74, 6) is 0.279. The van der Waals surface area contributed by atoms with E-state index in [9.17, 15) is 4.79 Å². The fourth-order valence-corrected chi connectivity index (χ4v) is 2.61. The molecule has 22 heavy (non-hydrogen) atoms. The first-order chi connectivity index (χ1) is 9.79. The third kappa shape index (κ3) is 6.97. The predicted octanol–water partition coefficient (Wildman–Crippen LogP) is 2.17. The fraction of sp³-hybridized carbons (Fsp3) is 0.562. The van der Waals surface area contributed by atoms with Gasteiger partial charge in [-0.1, -0.05) is 30.3 Å². The first kappa shape index (κ1) is 21.2. The highest BCUT2D eigenvalue weighted by Crippen LogP contribution is 2.09. The number of rotatable bonds is 5. The molecule has 1 fully saturated rings. The van der Waals surface area contributed by atoms with E-state index in [0.717, 1.165) is 45.7 Å². The minimum absolute atomic E-state index is 0. The van der Waals surface area contributed by atoms with Gasteiger partial charge in [-0.05, 0) is 19.0 Å². The van der Waals surface area contributed by atoms with E-state index < -0.39 is 0 Å². The van der Waals surface area contributed by atoms with Crippen molar-refractivity contribution in [2.45, 2.75) is 19.4 Å². The molecule has 1 aromatic carbocycles. The summed E-state index contributed by atoms with van der Waals surface area (Å²) < 4.78 is 0. The van der Waals surface area contributed by atoms with Crippen LogP contribution in [0.3, 0.4) is 0 Å². The zero-order chi connectivity index (χ0) is 14.2. The maximum absolute atomic E-state index is 12.0. The smallest absolute Gasteiger partial charge is 0.223 e. The van der Waals surface area contributed by atoms with Gasteiger partial charge in [0.2, 0.25) is 5.91 Å². The van der Waals surface area contributed by atoms with Gasteiger partial charge in [0.05, 0.1) is 0 Å². The van der Waals surface area contributed by atoms with E-state index in [1.54, 1.807) is 0 Å². The molecular weight excluding hydrogens is 321 g/mol. The van der Waals surface area contributed by atoms with Crippen LogP contribution in [0.1, 0.15) is 18.4 Å². The number of carbonyl (C=O) groups excluding carboxylic acids is 1. The van der Waals surface area contributed by atoms with Crippen molar-refractivity contribution in [1.82, 2.24) is 15.1 Å². The minimum atomic E-state index is 0. The van der Waals surface area contributed by atoms with Crippen molar-refractivity contribution >= 4 is 30.7 Å². The lowest BCUT2D eigenvalue weighted by molar-refractivity contribution is -0.130. The van der Waals surface area contributed by atoms with Crippen LogP contribution < -0.4 is 5.32 Å². The highest BCUT2D eigenvalue weighted by Gasteiger charge is 2.18. The Bertz CT molecular complexity index is 417. The Hall–Kier alpha value is -0.810. The van der Waals surface area contributed by atoms with E-state index in [2.05, 4.69) is 34.5 Å². The first-order valence-electron chi connectivity index (χ1n) is 7.48. The molecule has 1 amide bonds. The standard InChI is InChI=1S/C16H25N3O.2ClH/c1-17-9-8-16(20)19-11-5-10-18(12-13-19)14-15-6-3-2-4-7-15;;/h2-4,6-7,17H,5,8-14H2,1H3;2*1H. The van der Waals surface area contributed by atoms with Gasteiger partial charge in [0, 0.05) is 45.7 Å². The van der Waals surface area contributed by atoms with Crippen LogP contribution >= 0.6 is 24.8 Å². The van der Waals surface area contributed by atoms with Gasteiger partial charge >= 0.3 is 0 Å². The Balaban J connectivity index is 0.00000220. The van der Waals surface area contributed by atoms with Crippen molar-refractivity contribution in [1.29, 1.82) is 0 Å². The summed E-state index contributed by atoms with van der Waals surface area (Å²) in [6, 6.07) is 10.6. The van der Waals surface area contributed by atoms with Crippen molar-refractivity contribution in [3.8, 4) is 0 Å². The summed E-state index contributed by atoms with van der Waals surface area (Å²) in [7, 11) is 1.89. The average Bonchev–Trinajstić information content (AvgIpc) is 2.71. The second kappa shape index (κ2) is 11.7. The van der Waals surface area contributed by atoms with E-state index in [-0.39, 0.29) is 30.7 Å². The summed E-state index contributed by atoms with van der Waals surface area (Å²) >= 11 is 0. The Morgan fingerprint density at radius 3 is 2.50 bits per heavy atom. The Kier molecular flexibility index (Phi) is 11.3. The maximum Gasteiger partial charge on any atom is 0.223 e. The second-order valence-electron chi connectivity index (χ2n) is 5.35. The molecule has 1 aromatic rings. The number of benzene rings is 1. The van der Waals surface area contributed by atoms with Crippen LogP contribution in [0.25, 0.3) is 0 Å². The van der Waals surface area contributed by atoms with Crippen molar-refractivity contribution in [3.05, 3.63) is 35.9 Å². The Morgan fingerprint density at radius 2 is 1.82 bits per heavy atom. The molecule has 6 heteroatoms. The van der Waals surface area contributed by atoms with E-state index >= 15 is 0 Å². The van der Waals surface area contributed by atoms with Gasteiger partial charge in [0.1, 0.15) is 0 Å². The lowest BCUT2D eigenvalue weighted by atomic mass is 10.2. The molecule has 0 aromatic heterocycles. The largest absolute Gasteiger partial charge is 0.341 e. The zero-order valence-corrected chi connectivity index (χ0v) is 14.8. The molecule has 0 bridgehead atoms. The van der Waals surface area contributed by atoms with E-state index in [1.165, 1.54) is 5.56 Å². The molecule has 0 atom stereocenters. The van der Waals surface area contributed by atoms with Gasteiger partial charge in [0.15, 0.2) is 0 Å². The second-order valence-corrected chi connectivity index (χ2v) is 5.35. The van der Waals surface area contributed by atoms with E-state index in [4.69, 9.17) is 0 Å². The number of halogens is 2. The van der Waals surface area contributed by atoms with Gasteiger partial charge in [-0.3, -0.25) is 9.69 Å². The van der Waals surface area contributed by atoms with E-state index in [0.29, 0.717) is 6.42 Å². The molecule has 1 aliphatic rings. The van der Waals surface area contributed by atoms with Crippen LogP contribution in [0.15, 0.2) is 30.3 Å². The van der Waals surface area contributed by atoms with Crippen LogP contribution in [0.4, 0.5) is 0 Å². The van der Waals surface area contributed by atoms with Gasteiger partial charge < -0.3 is 10.2 Å². The molecule has 2 rings (SSSR count). The molecule has 0 radical (unpaired) electrons. The van der Waals surface area contributed by atoms with Gasteiger partial charge in [-0.2, -0.15) is 0 Å². The number of hydrogen-bond acceptors (Lipinski definition) is 3. The molecule has 0 spiro atoms. The van der Waals surface area contributed by atoms with Gasteiger partial charge in [-0.15, -0.1) is 24.8 Å². The Labute approximate surface area is 146 Å². The topological polar surface area (TPSA) is 35.6 Å². The molecule has 0 saturated carbocycles. The molecule has 1 heterocycles. The lowest BCUT2D eigenvalue weighted by Crippen LogP contribution is -2.36. The average molecular weight is 348 g/mol. The number of carbonyl (C=O) groups is 1. The summed E-state index contributed by atoms with van der Waals surface area (Å²) in [4.78, 5) is 16.5. The number of amides is 1. The van der Waals surface area contributed by atoms with Gasteiger partial charge in [0.25, 0.3) is 0 Å². The highest BCUT2D eigenvalue weighted by atomic mass is 35.5. The minimum Gasteiger partial charge on any atom is -0.341 e. The lowest BCUT2D eigenvalue weighted by Gasteiger charge is -2.22. The monoisotopic (exact) mass is 347 g/mol. The summed E-state index contributed by atoms with van der Waals surface area (Å²) in [5.41, 5.74) is 1.35. The number of hydrogen-bond donors (Lipinski definition) is 1.